The molecule has 0 bridgehead atoms. The molecule has 1 aromatic rings. The van der Waals surface area contributed by atoms with Crippen molar-refractivity contribution in [2.24, 2.45) is 0 Å². The second-order valence-corrected chi connectivity index (χ2v) is 4.52. The van der Waals surface area contributed by atoms with Crippen LogP contribution in [0.1, 0.15) is 25.5 Å². The van der Waals surface area contributed by atoms with Crippen molar-refractivity contribution in [3.05, 3.63) is 23.9 Å². The number of nitrogens with zero attached hydrogens (tertiary/aromatic N) is 2. The van der Waals surface area contributed by atoms with Crippen LogP contribution in [0.25, 0.3) is 0 Å². The molecule has 2 heterocycles. The molecule has 0 aromatic carbocycles. The second-order valence-electron chi connectivity index (χ2n) is 4.52. The lowest BCUT2D eigenvalue weighted by atomic mass is 10.2. The SMILES string of the molecule is CC(=O)N1CCCC1C(=O)Nc1cccc(C)n1. The number of carbonyl (C=O) groups excluding carboxylic acids is 2. The molecule has 5 nitrogen and oxygen atoms in total. The maximum Gasteiger partial charge on any atom is 0.248 e. The molecule has 0 aliphatic carbocycles. The smallest absolute Gasteiger partial charge is 0.248 e. The number of rotatable bonds is 2. The number of likely N-dealkylation sites (tertiary alicyclic amines) is 1. The first-order valence-electron chi connectivity index (χ1n) is 6.09. The van der Waals surface area contributed by atoms with E-state index in [1.807, 2.05) is 19.1 Å². The average Bonchev–Trinajstić information content (AvgIpc) is 2.77. The summed E-state index contributed by atoms with van der Waals surface area (Å²) in [5, 5.41) is 2.77. The number of hydrogen-bond donors (Lipinski definition) is 1. The molecule has 1 saturated heterocycles. The first-order valence-corrected chi connectivity index (χ1v) is 6.09. The monoisotopic (exact) mass is 247 g/mol. The zero-order valence-electron chi connectivity index (χ0n) is 10.6. The van der Waals surface area contributed by atoms with Gasteiger partial charge in [0.1, 0.15) is 11.9 Å². The highest BCUT2D eigenvalue weighted by Gasteiger charge is 2.32. The Morgan fingerprint density at radius 1 is 1.44 bits per heavy atom. The summed E-state index contributed by atoms with van der Waals surface area (Å²) in [6.07, 6.45) is 1.59. The largest absolute Gasteiger partial charge is 0.331 e. The molecule has 1 unspecified atom stereocenters. The van der Waals surface area contributed by atoms with Crippen molar-refractivity contribution >= 4 is 17.6 Å². The van der Waals surface area contributed by atoms with Crippen LogP contribution < -0.4 is 5.32 Å². The lowest BCUT2D eigenvalue weighted by Gasteiger charge is -2.22. The summed E-state index contributed by atoms with van der Waals surface area (Å²) in [6, 6.07) is 5.10. The van der Waals surface area contributed by atoms with Crippen LogP contribution in [0.3, 0.4) is 0 Å². The van der Waals surface area contributed by atoms with Crippen molar-refractivity contribution in [3.8, 4) is 0 Å². The Balaban J connectivity index is 2.06. The van der Waals surface area contributed by atoms with Crippen LogP contribution in [-0.4, -0.2) is 34.3 Å². The predicted octanol–water partition coefficient (Wildman–Crippen LogP) is 1.34. The number of hydrogen-bond acceptors (Lipinski definition) is 3. The Morgan fingerprint density at radius 2 is 2.22 bits per heavy atom. The van der Waals surface area contributed by atoms with E-state index in [9.17, 15) is 9.59 Å². The van der Waals surface area contributed by atoms with Gasteiger partial charge in [-0.15, -0.1) is 0 Å². The van der Waals surface area contributed by atoms with Gasteiger partial charge in [-0.3, -0.25) is 9.59 Å². The van der Waals surface area contributed by atoms with Crippen LogP contribution in [0.15, 0.2) is 18.2 Å². The topological polar surface area (TPSA) is 62.3 Å². The van der Waals surface area contributed by atoms with E-state index in [4.69, 9.17) is 0 Å². The molecule has 1 N–H and O–H groups in total. The van der Waals surface area contributed by atoms with Gasteiger partial charge in [0.15, 0.2) is 0 Å². The molecule has 5 heteroatoms. The number of nitrogens with one attached hydrogen (secondary N) is 1. The molecule has 2 rings (SSSR count). The highest BCUT2D eigenvalue weighted by atomic mass is 16.2. The molecule has 0 saturated carbocycles. The molecule has 0 radical (unpaired) electrons. The summed E-state index contributed by atoms with van der Waals surface area (Å²) in [6.45, 7) is 4.03. The third kappa shape index (κ3) is 2.67. The van der Waals surface area contributed by atoms with Crippen molar-refractivity contribution in [1.82, 2.24) is 9.88 Å². The highest BCUT2D eigenvalue weighted by molar-refractivity contribution is 5.96. The fourth-order valence-electron chi connectivity index (χ4n) is 2.24. The van der Waals surface area contributed by atoms with Crippen LogP contribution in [-0.2, 0) is 9.59 Å². The number of pyridine rings is 1. The summed E-state index contributed by atoms with van der Waals surface area (Å²) in [5.41, 5.74) is 0.850. The molecule has 96 valence electrons. The molecule has 18 heavy (non-hydrogen) atoms. The van der Waals surface area contributed by atoms with Gasteiger partial charge in [-0.2, -0.15) is 0 Å². The summed E-state index contributed by atoms with van der Waals surface area (Å²) < 4.78 is 0. The zero-order chi connectivity index (χ0) is 13.1. The Kier molecular flexibility index (Phi) is 3.60. The molecular formula is C13H17N3O2. The third-order valence-corrected chi connectivity index (χ3v) is 3.10. The molecular weight excluding hydrogens is 230 g/mol. The Hall–Kier alpha value is -1.91. The van der Waals surface area contributed by atoms with Crippen LogP contribution in [0.5, 0.6) is 0 Å². The van der Waals surface area contributed by atoms with Gasteiger partial charge < -0.3 is 10.2 Å². The van der Waals surface area contributed by atoms with Gasteiger partial charge in [-0.1, -0.05) is 6.07 Å². The molecule has 1 atom stereocenters. The van der Waals surface area contributed by atoms with E-state index in [1.54, 1.807) is 11.0 Å². The van der Waals surface area contributed by atoms with Gasteiger partial charge in [0.05, 0.1) is 0 Å². The van der Waals surface area contributed by atoms with Gasteiger partial charge in [-0.05, 0) is 31.9 Å². The van der Waals surface area contributed by atoms with E-state index < -0.39 is 0 Å². The van der Waals surface area contributed by atoms with Crippen molar-refractivity contribution in [2.45, 2.75) is 32.7 Å². The quantitative estimate of drug-likeness (QED) is 0.857. The van der Waals surface area contributed by atoms with Gasteiger partial charge in [-0.25, -0.2) is 4.98 Å². The first-order chi connectivity index (χ1) is 8.58. The number of carbonyl (C=O) groups is 2. The Bertz CT molecular complexity index is 473. The Labute approximate surface area is 106 Å². The molecule has 1 aliphatic rings. The van der Waals surface area contributed by atoms with Crippen LogP contribution >= 0.6 is 0 Å². The summed E-state index contributed by atoms with van der Waals surface area (Å²) in [5.74, 6) is 0.334. The number of amides is 2. The number of aryl methyl sites for hydroxylation is 1. The molecule has 0 spiro atoms. The van der Waals surface area contributed by atoms with E-state index in [-0.39, 0.29) is 17.9 Å². The van der Waals surface area contributed by atoms with Crippen LogP contribution in [0.4, 0.5) is 5.82 Å². The number of aromatic nitrogens is 1. The maximum atomic E-state index is 12.1. The van der Waals surface area contributed by atoms with Gasteiger partial charge in [0.2, 0.25) is 11.8 Å². The van der Waals surface area contributed by atoms with Crippen molar-refractivity contribution in [2.75, 3.05) is 11.9 Å². The predicted molar refractivity (Wildman–Crippen MR) is 68.0 cm³/mol. The lowest BCUT2D eigenvalue weighted by molar-refractivity contribution is -0.134. The van der Waals surface area contributed by atoms with E-state index in [0.29, 0.717) is 12.4 Å². The van der Waals surface area contributed by atoms with E-state index >= 15 is 0 Å². The van der Waals surface area contributed by atoms with Crippen molar-refractivity contribution < 1.29 is 9.59 Å². The van der Waals surface area contributed by atoms with E-state index in [1.165, 1.54) is 6.92 Å². The fourth-order valence-corrected chi connectivity index (χ4v) is 2.24. The van der Waals surface area contributed by atoms with Gasteiger partial charge in [0, 0.05) is 19.2 Å². The summed E-state index contributed by atoms with van der Waals surface area (Å²) in [4.78, 5) is 29.3. The molecule has 1 aromatic heterocycles. The summed E-state index contributed by atoms with van der Waals surface area (Å²) in [7, 11) is 0. The highest BCUT2D eigenvalue weighted by Crippen LogP contribution is 2.18. The molecule has 2 amide bonds. The maximum absolute atomic E-state index is 12.1. The van der Waals surface area contributed by atoms with Gasteiger partial charge in [0.25, 0.3) is 0 Å². The average molecular weight is 247 g/mol. The lowest BCUT2D eigenvalue weighted by Crippen LogP contribution is -2.42. The Morgan fingerprint density at radius 3 is 2.89 bits per heavy atom. The van der Waals surface area contributed by atoms with Gasteiger partial charge >= 0.3 is 0 Å². The minimum absolute atomic E-state index is 0.0511. The van der Waals surface area contributed by atoms with E-state index in [2.05, 4.69) is 10.3 Å². The van der Waals surface area contributed by atoms with Crippen LogP contribution in [0.2, 0.25) is 0 Å². The van der Waals surface area contributed by atoms with Crippen molar-refractivity contribution in [3.63, 3.8) is 0 Å². The fraction of sp³-hybridized carbons (Fsp3) is 0.462. The minimum Gasteiger partial charge on any atom is -0.331 e. The normalized spacial score (nSPS) is 18.8. The van der Waals surface area contributed by atoms with Crippen LogP contribution in [0, 0.1) is 6.92 Å². The first kappa shape index (κ1) is 12.5. The zero-order valence-corrected chi connectivity index (χ0v) is 10.6. The van der Waals surface area contributed by atoms with E-state index in [0.717, 1.165) is 18.5 Å². The standard InChI is InChI=1S/C13H17N3O2/c1-9-5-3-7-12(14-9)15-13(18)11-6-4-8-16(11)10(2)17/h3,5,7,11H,4,6,8H2,1-2H3,(H,14,15,18). The molecule has 1 fully saturated rings. The number of anilines is 1. The minimum atomic E-state index is -0.357. The second kappa shape index (κ2) is 5.16. The summed E-state index contributed by atoms with van der Waals surface area (Å²) >= 11 is 0. The third-order valence-electron chi connectivity index (χ3n) is 3.10. The van der Waals surface area contributed by atoms with Crippen molar-refractivity contribution in [1.29, 1.82) is 0 Å². The molecule has 1 aliphatic heterocycles.